The van der Waals surface area contributed by atoms with Crippen molar-refractivity contribution in [1.29, 1.82) is 0 Å². The summed E-state index contributed by atoms with van der Waals surface area (Å²) in [6.45, 7) is 5.97. The molecule has 1 aliphatic heterocycles. The second-order valence-electron chi connectivity index (χ2n) is 8.48. The first kappa shape index (κ1) is 20.2. The van der Waals surface area contributed by atoms with Crippen LogP contribution in [0.5, 0.6) is 0 Å². The maximum absolute atomic E-state index is 14.9. The van der Waals surface area contributed by atoms with E-state index >= 15 is 0 Å². The van der Waals surface area contributed by atoms with Crippen molar-refractivity contribution in [3.63, 3.8) is 0 Å². The third kappa shape index (κ3) is 3.12. The van der Waals surface area contributed by atoms with Gasteiger partial charge < -0.3 is 9.32 Å². The highest BCUT2D eigenvalue weighted by atomic mass is 19.1. The standard InChI is InChI=1S/C27H22FNO3/c1-15-8-10-18(11-9-15)14-29-23(19-6-4-5-7-21(19)28)22-24(30)20-13-16(2)12-17(3)25(20)32-26(22)27(29)31/h4-13,23H,14H2,1-3H3. The quantitative estimate of drug-likeness (QED) is 0.427. The Labute approximate surface area is 184 Å². The Balaban J connectivity index is 1.76. The molecule has 1 aromatic heterocycles. The number of aryl methyl sites for hydroxylation is 3. The van der Waals surface area contributed by atoms with Gasteiger partial charge in [0.1, 0.15) is 11.4 Å². The number of fused-ring (bicyclic) bond motifs is 2. The van der Waals surface area contributed by atoms with E-state index in [2.05, 4.69) is 0 Å². The summed E-state index contributed by atoms with van der Waals surface area (Å²) in [4.78, 5) is 28.7. The molecule has 5 heteroatoms. The molecule has 0 bridgehead atoms. The lowest BCUT2D eigenvalue weighted by Gasteiger charge is -2.25. The first-order chi connectivity index (χ1) is 15.3. The van der Waals surface area contributed by atoms with Crippen LogP contribution in [-0.4, -0.2) is 10.8 Å². The molecule has 0 fully saturated rings. The molecule has 0 saturated heterocycles. The highest BCUT2D eigenvalue weighted by Crippen LogP contribution is 2.40. The molecule has 2 heterocycles. The summed E-state index contributed by atoms with van der Waals surface area (Å²) in [6, 6.07) is 16.9. The molecule has 160 valence electrons. The number of hydrogen-bond donors (Lipinski definition) is 0. The summed E-state index contributed by atoms with van der Waals surface area (Å²) in [5.41, 5.74) is 4.29. The normalized spacial score (nSPS) is 15.4. The average molecular weight is 427 g/mol. The van der Waals surface area contributed by atoms with Gasteiger partial charge in [-0.05, 0) is 49.6 Å². The molecule has 1 unspecified atom stereocenters. The van der Waals surface area contributed by atoms with Gasteiger partial charge in [-0.15, -0.1) is 0 Å². The van der Waals surface area contributed by atoms with Crippen molar-refractivity contribution in [2.45, 2.75) is 33.4 Å². The van der Waals surface area contributed by atoms with Crippen molar-refractivity contribution in [1.82, 2.24) is 4.90 Å². The molecule has 1 aliphatic rings. The Hall–Kier alpha value is -3.73. The zero-order chi connectivity index (χ0) is 22.6. The van der Waals surface area contributed by atoms with Gasteiger partial charge in [-0.1, -0.05) is 54.1 Å². The predicted molar refractivity (Wildman–Crippen MR) is 121 cm³/mol. The van der Waals surface area contributed by atoms with Crippen LogP contribution in [0.3, 0.4) is 0 Å². The lowest BCUT2D eigenvalue weighted by Crippen LogP contribution is -2.29. The van der Waals surface area contributed by atoms with E-state index in [1.165, 1.54) is 11.0 Å². The molecule has 4 aromatic rings. The predicted octanol–water partition coefficient (Wildman–Crippen LogP) is 5.60. The number of benzene rings is 3. The van der Waals surface area contributed by atoms with E-state index in [0.29, 0.717) is 11.0 Å². The summed E-state index contributed by atoms with van der Waals surface area (Å²) >= 11 is 0. The molecule has 4 nitrogen and oxygen atoms in total. The van der Waals surface area contributed by atoms with Crippen molar-refractivity contribution in [2.75, 3.05) is 0 Å². The second kappa shape index (κ2) is 7.45. The number of halogens is 1. The zero-order valence-electron chi connectivity index (χ0n) is 18.1. The van der Waals surface area contributed by atoms with Gasteiger partial charge in [0.05, 0.1) is 17.0 Å². The van der Waals surface area contributed by atoms with Crippen LogP contribution < -0.4 is 5.43 Å². The Morgan fingerprint density at radius 3 is 2.38 bits per heavy atom. The van der Waals surface area contributed by atoms with Crippen molar-refractivity contribution >= 4 is 16.9 Å². The molecule has 0 spiro atoms. The fourth-order valence-corrected chi connectivity index (χ4v) is 4.55. The van der Waals surface area contributed by atoms with Crippen LogP contribution in [0.4, 0.5) is 4.39 Å². The third-order valence-corrected chi connectivity index (χ3v) is 6.07. The van der Waals surface area contributed by atoms with Gasteiger partial charge in [0.25, 0.3) is 5.91 Å². The molecule has 0 radical (unpaired) electrons. The minimum absolute atomic E-state index is 0.00480. The van der Waals surface area contributed by atoms with E-state index in [1.54, 1.807) is 24.3 Å². The van der Waals surface area contributed by atoms with Crippen LogP contribution in [0.25, 0.3) is 11.0 Å². The van der Waals surface area contributed by atoms with Crippen LogP contribution in [0, 0.1) is 26.6 Å². The monoisotopic (exact) mass is 427 g/mol. The van der Waals surface area contributed by atoms with Gasteiger partial charge in [-0.3, -0.25) is 9.59 Å². The molecular formula is C27H22FNO3. The van der Waals surface area contributed by atoms with Gasteiger partial charge >= 0.3 is 0 Å². The smallest absolute Gasteiger partial charge is 0.291 e. The number of amides is 1. The van der Waals surface area contributed by atoms with E-state index in [-0.39, 0.29) is 28.9 Å². The van der Waals surface area contributed by atoms with E-state index < -0.39 is 17.8 Å². The molecule has 3 aromatic carbocycles. The maximum Gasteiger partial charge on any atom is 0.291 e. The Morgan fingerprint density at radius 1 is 0.938 bits per heavy atom. The minimum atomic E-state index is -0.860. The van der Waals surface area contributed by atoms with E-state index in [0.717, 1.165) is 22.3 Å². The first-order valence-corrected chi connectivity index (χ1v) is 10.5. The summed E-state index contributed by atoms with van der Waals surface area (Å²) in [6.07, 6.45) is 0. The summed E-state index contributed by atoms with van der Waals surface area (Å²) in [5, 5.41) is 0.410. The fourth-order valence-electron chi connectivity index (χ4n) is 4.55. The van der Waals surface area contributed by atoms with E-state index in [1.807, 2.05) is 51.1 Å². The zero-order valence-corrected chi connectivity index (χ0v) is 18.1. The minimum Gasteiger partial charge on any atom is -0.450 e. The number of carbonyl (C=O) groups excluding carboxylic acids is 1. The molecular weight excluding hydrogens is 405 g/mol. The Morgan fingerprint density at radius 2 is 1.66 bits per heavy atom. The Bertz CT molecular complexity index is 1440. The van der Waals surface area contributed by atoms with Gasteiger partial charge in [0.2, 0.25) is 5.76 Å². The van der Waals surface area contributed by atoms with Crippen molar-refractivity contribution in [3.8, 4) is 0 Å². The van der Waals surface area contributed by atoms with Gasteiger partial charge in [-0.25, -0.2) is 4.39 Å². The highest BCUT2D eigenvalue weighted by Gasteiger charge is 2.43. The summed E-state index contributed by atoms with van der Waals surface area (Å²) in [5.74, 6) is -0.880. The van der Waals surface area contributed by atoms with Gasteiger partial charge in [0, 0.05) is 12.1 Å². The second-order valence-corrected chi connectivity index (χ2v) is 8.48. The number of rotatable bonds is 3. The number of carbonyl (C=O) groups is 1. The van der Waals surface area contributed by atoms with Crippen LogP contribution in [0.2, 0.25) is 0 Å². The van der Waals surface area contributed by atoms with Gasteiger partial charge in [-0.2, -0.15) is 0 Å². The first-order valence-electron chi connectivity index (χ1n) is 10.5. The third-order valence-electron chi connectivity index (χ3n) is 6.07. The van der Waals surface area contributed by atoms with Gasteiger partial charge in [0.15, 0.2) is 5.43 Å². The molecule has 1 atom stereocenters. The lowest BCUT2D eigenvalue weighted by molar-refractivity contribution is 0.0712. The number of nitrogens with zero attached hydrogens (tertiary/aromatic N) is 1. The van der Waals surface area contributed by atoms with Crippen LogP contribution in [0.15, 0.2) is 69.9 Å². The maximum atomic E-state index is 14.9. The van der Waals surface area contributed by atoms with Crippen LogP contribution in [-0.2, 0) is 6.54 Å². The summed E-state index contributed by atoms with van der Waals surface area (Å²) in [7, 11) is 0. The highest BCUT2D eigenvalue weighted by molar-refractivity contribution is 5.99. The SMILES string of the molecule is Cc1ccc(CN2C(=O)c3oc4c(C)cc(C)cc4c(=O)c3C2c2ccccc2F)cc1. The molecule has 0 aliphatic carbocycles. The number of hydrogen-bond acceptors (Lipinski definition) is 3. The van der Waals surface area contributed by atoms with Crippen molar-refractivity contribution < 1.29 is 13.6 Å². The van der Waals surface area contributed by atoms with Crippen LogP contribution >= 0.6 is 0 Å². The largest absolute Gasteiger partial charge is 0.450 e. The average Bonchev–Trinajstić information content (AvgIpc) is 3.03. The topological polar surface area (TPSA) is 50.5 Å². The summed E-state index contributed by atoms with van der Waals surface area (Å²) < 4.78 is 21.0. The Kier molecular flexibility index (Phi) is 4.70. The lowest BCUT2D eigenvalue weighted by atomic mass is 9.97. The fraction of sp³-hybridized carbons (Fsp3) is 0.185. The van der Waals surface area contributed by atoms with E-state index in [4.69, 9.17) is 4.42 Å². The molecule has 1 amide bonds. The van der Waals surface area contributed by atoms with Crippen LogP contribution in [0.1, 0.15) is 50.0 Å². The molecule has 5 rings (SSSR count). The molecule has 32 heavy (non-hydrogen) atoms. The van der Waals surface area contributed by atoms with E-state index in [9.17, 15) is 14.0 Å². The van der Waals surface area contributed by atoms with Crippen molar-refractivity contribution in [3.05, 3.63) is 116 Å². The molecule has 0 saturated carbocycles. The molecule has 0 N–H and O–H groups in total. The van der Waals surface area contributed by atoms with Crippen molar-refractivity contribution in [2.24, 2.45) is 0 Å².